The Balaban J connectivity index is -0.000000375. The Morgan fingerprint density at radius 1 is 0.905 bits per heavy atom. The van der Waals surface area contributed by atoms with Gasteiger partial charge in [0, 0.05) is 16.6 Å². The van der Waals surface area contributed by atoms with E-state index in [9.17, 15) is 4.39 Å². The van der Waals surface area contributed by atoms with E-state index in [2.05, 4.69) is 95.0 Å². The van der Waals surface area contributed by atoms with Crippen molar-refractivity contribution in [3.63, 3.8) is 0 Å². The maximum absolute atomic E-state index is 13.2. The molecule has 0 saturated heterocycles. The minimum atomic E-state index is -1.10. The van der Waals surface area contributed by atoms with Gasteiger partial charge in [-0.1, -0.05) is 123 Å². The molecule has 0 N–H and O–H groups in total. The van der Waals surface area contributed by atoms with E-state index in [1.165, 1.54) is 46.2 Å². The smallest absolute Gasteiger partial charge is 0.109 e. The van der Waals surface area contributed by atoms with Crippen molar-refractivity contribution < 1.29 is 18.3 Å². The molecule has 3 rings (SSSR count). The van der Waals surface area contributed by atoms with E-state index < -0.39 is 5.67 Å². The first-order valence-corrected chi connectivity index (χ1v) is 14.9. The SMILES string of the molecule is C=CC(C)C(/C(=C\C)Cc1ccc(CC)c(CCC)c1)c1ccccc1.C=O.C=O.Cc1cccc(CC(C)(C)F)c1.[HH].[HH].[HH]. The van der Waals surface area contributed by atoms with Crippen LogP contribution >= 0.6 is 0 Å². The molecule has 0 aliphatic rings. The van der Waals surface area contributed by atoms with Gasteiger partial charge in [0.25, 0.3) is 0 Å². The molecular formula is C39H59FO2. The average Bonchev–Trinajstić information content (AvgIpc) is 2.99. The number of benzene rings is 3. The zero-order valence-electron chi connectivity index (χ0n) is 27.1. The normalized spacial score (nSPS) is 12.2. The van der Waals surface area contributed by atoms with Crippen LogP contribution in [0.15, 0.2) is 97.1 Å². The standard InChI is InChI=1S/C26H34.C11H15F.2CH2O.3H2/c1-6-13-25-19-21(16-17-22(25)8-3)18-23(9-4)26(20(5)7-2)24-14-11-10-12-15-24;1-9-5-4-6-10(7-9)8-11(2,3)12;2*1-2;;;/h7,9-12,14-17,19-20,26H,2,6,8,13,18H2,1,3-5H3;4-7H,8H2,1-3H3;2*1H2;3*1H/b23-9-;;;;;;. The molecule has 2 atom stereocenters. The molecule has 0 bridgehead atoms. The van der Waals surface area contributed by atoms with Gasteiger partial charge in [0.2, 0.25) is 0 Å². The number of alkyl halides is 1. The lowest BCUT2D eigenvalue weighted by Crippen LogP contribution is -2.15. The predicted octanol–water partition coefficient (Wildman–Crippen LogP) is 11.0. The Morgan fingerprint density at radius 3 is 2.05 bits per heavy atom. The van der Waals surface area contributed by atoms with Crippen LogP contribution in [0.5, 0.6) is 0 Å². The van der Waals surface area contributed by atoms with E-state index in [4.69, 9.17) is 9.59 Å². The third-order valence-electron chi connectivity index (χ3n) is 7.11. The van der Waals surface area contributed by atoms with Crippen LogP contribution in [-0.2, 0) is 35.3 Å². The minimum absolute atomic E-state index is 0. The molecule has 0 saturated carbocycles. The van der Waals surface area contributed by atoms with Gasteiger partial charge in [-0.25, -0.2) is 4.39 Å². The zero-order valence-corrected chi connectivity index (χ0v) is 27.1. The fraction of sp³-hybridized carbons (Fsp3) is 0.385. The van der Waals surface area contributed by atoms with Gasteiger partial charge < -0.3 is 9.59 Å². The van der Waals surface area contributed by atoms with Gasteiger partial charge in [0.05, 0.1) is 0 Å². The van der Waals surface area contributed by atoms with Gasteiger partial charge in [0.15, 0.2) is 0 Å². The van der Waals surface area contributed by atoms with E-state index in [0.717, 1.165) is 18.4 Å². The maximum atomic E-state index is 13.2. The van der Waals surface area contributed by atoms with Crippen LogP contribution in [0.2, 0.25) is 0 Å². The van der Waals surface area contributed by atoms with Gasteiger partial charge in [0.1, 0.15) is 19.2 Å². The molecule has 0 aliphatic carbocycles. The molecule has 0 aliphatic heterocycles. The number of carbonyl (C=O) groups excluding carboxylic acids is 2. The van der Waals surface area contributed by atoms with Crippen LogP contribution in [0.3, 0.4) is 0 Å². The summed E-state index contributed by atoms with van der Waals surface area (Å²) in [4.78, 5) is 16.0. The highest BCUT2D eigenvalue weighted by Crippen LogP contribution is 2.35. The average molecular weight is 579 g/mol. The Hall–Kier alpha value is -3.59. The fourth-order valence-electron chi connectivity index (χ4n) is 5.22. The largest absolute Gasteiger partial charge is 0.307 e. The van der Waals surface area contributed by atoms with Crippen molar-refractivity contribution in [3.8, 4) is 0 Å². The number of carbonyl (C=O) groups is 2. The quantitative estimate of drug-likeness (QED) is 0.212. The number of halogens is 1. The molecule has 0 fully saturated rings. The predicted molar refractivity (Wildman–Crippen MR) is 186 cm³/mol. The van der Waals surface area contributed by atoms with E-state index in [0.29, 0.717) is 18.3 Å². The maximum Gasteiger partial charge on any atom is 0.109 e. The minimum Gasteiger partial charge on any atom is -0.307 e. The molecule has 2 nitrogen and oxygen atoms in total. The number of hydrogen-bond acceptors (Lipinski definition) is 2. The molecule has 42 heavy (non-hydrogen) atoms. The first kappa shape index (κ1) is 38.4. The summed E-state index contributed by atoms with van der Waals surface area (Å²) in [6, 6.07) is 25.9. The zero-order chi connectivity index (χ0) is 32.1. The lowest BCUT2D eigenvalue weighted by Gasteiger charge is -2.26. The van der Waals surface area contributed by atoms with Gasteiger partial charge in [-0.15, -0.1) is 6.58 Å². The third kappa shape index (κ3) is 13.9. The molecule has 3 aromatic carbocycles. The second-order valence-electron chi connectivity index (χ2n) is 11.1. The number of hydrogen-bond donors (Lipinski definition) is 0. The Morgan fingerprint density at radius 2 is 1.55 bits per heavy atom. The Labute approximate surface area is 260 Å². The summed E-state index contributed by atoms with van der Waals surface area (Å²) in [5, 5.41) is 0. The monoisotopic (exact) mass is 578 g/mol. The molecule has 2 unspecified atom stereocenters. The van der Waals surface area contributed by atoms with Crippen molar-refractivity contribution in [3.05, 3.63) is 130 Å². The van der Waals surface area contributed by atoms with Crippen LogP contribution < -0.4 is 0 Å². The number of rotatable bonds is 11. The van der Waals surface area contributed by atoms with Crippen LogP contribution in [0.25, 0.3) is 0 Å². The van der Waals surface area contributed by atoms with Crippen molar-refractivity contribution in [2.45, 2.75) is 92.2 Å². The Kier molecular flexibility index (Phi) is 19.4. The van der Waals surface area contributed by atoms with E-state index >= 15 is 0 Å². The summed E-state index contributed by atoms with van der Waals surface area (Å²) in [6.07, 6.45) is 9.39. The van der Waals surface area contributed by atoms with Gasteiger partial charge in [-0.05, 0) is 80.7 Å². The molecule has 0 amide bonds. The van der Waals surface area contributed by atoms with Crippen molar-refractivity contribution in [2.24, 2.45) is 5.92 Å². The number of aryl methyl sites for hydroxylation is 3. The number of allylic oxidation sites excluding steroid dienone is 3. The van der Waals surface area contributed by atoms with Gasteiger partial charge in [-0.3, -0.25) is 0 Å². The van der Waals surface area contributed by atoms with Crippen LogP contribution in [-0.4, -0.2) is 19.2 Å². The van der Waals surface area contributed by atoms with E-state index in [-0.39, 0.29) is 4.28 Å². The van der Waals surface area contributed by atoms with Crippen LogP contribution in [0.4, 0.5) is 4.39 Å². The summed E-state index contributed by atoms with van der Waals surface area (Å²) in [7, 11) is 0. The van der Waals surface area contributed by atoms with Crippen LogP contribution in [0, 0.1) is 12.8 Å². The van der Waals surface area contributed by atoms with Crippen molar-refractivity contribution in [1.82, 2.24) is 0 Å². The molecule has 3 heteroatoms. The lowest BCUT2D eigenvalue weighted by atomic mass is 9.78. The Bertz CT molecular complexity index is 1200. The first-order valence-electron chi connectivity index (χ1n) is 14.9. The van der Waals surface area contributed by atoms with Crippen molar-refractivity contribution >= 4 is 13.6 Å². The summed E-state index contributed by atoms with van der Waals surface area (Å²) in [6.45, 7) is 22.3. The first-order chi connectivity index (χ1) is 20.1. The molecule has 0 aromatic heterocycles. The summed E-state index contributed by atoms with van der Waals surface area (Å²) in [5.74, 6) is 0.799. The molecule has 234 valence electrons. The second-order valence-corrected chi connectivity index (χ2v) is 11.1. The van der Waals surface area contributed by atoms with Gasteiger partial charge in [-0.2, -0.15) is 0 Å². The topological polar surface area (TPSA) is 34.1 Å². The molecule has 0 heterocycles. The van der Waals surface area contributed by atoms with Gasteiger partial charge >= 0.3 is 0 Å². The molecule has 3 aromatic rings. The lowest BCUT2D eigenvalue weighted by molar-refractivity contribution is -0.0987. The molecular weight excluding hydrogens is 519 g/mol. The molecule has 0 radical (unpaired) electrons. The van der Waals surface area contributed by atoms with Crippen molar-refractivity contribution in [1.29, 1.82) is 0 Å². The highest BCUT2D eigenvalue weighted by Gasteiger charge is 2.21. The van der Waals surface area contributed by atoms with E-state index in [1.54, 1.807) is 13.8 Å². The highest BCUT2D eigenvalue weighted by molar-refractivity contribution is 5.38. The van der Waals surface area contributed by atoms with Crippen LogP contribution in [0.1, 0.15) is 91.5 Å². The van der Waals surface area contributed by atoms with E-state index in [1.807, 2.05) is 44.8 Å². The highest BCUT2D eigenvalue weighted by atomic mass is 19.1. The second kappa shape index (κ2) is 21.2. The molecule has 0 spiro atoms. The fourth-order valence-corrected chi connectivity index (χ4v) is 5.22. The van der Waals surface area contributed by atoms with Crippen molar-refractivity contribution in [2.75, 3.05) is 0 Å². The third-order valence-corrected chi connectivity index (χ3v) is 7.11. The summed E-state index contributed by atoms with van der Waals surface area (Å²) in [5.41, 5.74) is 8.47. The summed E-state index contributed by atoms with van der Waals surface area (Å²) >= 11 is 0. The summed E-state index contributed by atoms with van der Waals surface area (Å²) < 4.78 is 13.2.